The van der Waals surface area contributed by atoms with Crippen molar-refractivity contribution in [3.8, 4) is 5.69 Å². The van der Waals surface area contributed by atoms with Gasteiger partial charge in [0.05, 0.1) is 0 Å². The van der Waals surface area contributed by atoms with Crippen molar-refractivity contribution in [2.75, 3.05) is 0 Å². The molecule has 5 aromatic rings. The molecule has 0 aliphatic carbocycles. The fraction of sp³-hybridized carbons (Fsp3) is 0.167. The number of rotatable bonds is 5. The Bertz CT molecular complexity index is 1660. The van der Waals surface area contributed by atoms with Gasteiger partial charge in [-0.2, -0.15) is 4.98 Å². The summed E-state index contributed by atoms with van der Waals surface area (Å²) in [5, 5.41) is 0.600. The third-order valence-corrected chi connectivity index (χ3v) is 5.89. The number of aromatic nitrogens is 5. The van der Waals surface area contributed by atoms with Gasteiger partial charge < -0.3 is 4.74 Å². The molecule has 9 nitrogen and oxygen atoms in total. The molecule has 0 unspecified atom stereocenters. The van der Waals surface area contributed by atoms with E-state index in [9.17, 15) is 14.4 Å². The first-order chi connectivity index (χ1) is 16.3. The Morgan fingerprint density at radius 2 is 1.76 bits per heavy atom. The van der Waals surface area contributed by atoms with Crippen molar-refractivity contribution in [3.63, 3.8) is 0 Å². The van der Waals surface area contributed by atoms with E-state index in [1.807, 2.05) is 54.0 Å². The molecule has 3 aromatic heterocycles. The second-order valence-electron chi connectivity index (χ2n) is 7.92. The normalized spacial score (nSPS) is 11.4. The summed E-state index contributed by atoms with van der Waals surface area (Å²) in [6.07, 6.45) is 1.77. The molecule has 0 saturated heterocycles. The predicted octanol–water partition coefficient (Wildman–Crippen LogP) is 2.84. The van der Waals surface area contributed by atoms with Gasteiger partial charge in [-0.05, 0) is 36.8 Å². The fourth-order valence-electron chi connectivity index (χ4n) is 3.97. The summed E-state index contributed by atoms with van der Waals surface area (Å²) < 4.78 is 10.9. The van der Waals surface area contributed by atoms with E-state index in [0.717, 1.165) is 21.5 Å². The van der Waals surface area contributed by atoms with Gasteiger partial charge in [0.15, 0.2) is 11.2 Å². The fourth-order valence-corrected chi connectivity index (χ4v) is 4.10. The molecule has 0 bridgehead atoms. The maximum atomic E-state index is 13.3. The number of benzene rings is 2. The van der Waals surface area contributed by atoms with Crippen molar-refractivity contribution in [1.82, 2.24) is 23.1 Å². The lowest BCUT2D eigenvalue weighted by molar-refractivity contribution is -0.145. The van der Waals surface area contributed by atoms with E-state index >= 15 is 0 Å². The molecule has 0 radical (unpaired) electrons. The van der Waals surface area contributed by atoms with Crippen molar-refractivity contribution in [3.05, 3.63) is 97.9 Å². The molecule has 34 heavy (non-hydrogen) atoms. The zero-order chi connectivity index (χ0) is 24.0. The molecule has 0 aliphatic heterocycles. The van der Waals surface area contributed by atoms with Gasteiger partial charge in [-0.15, -0.1) is 0 Å². The van der Waals surface area contributed by atoms with Crippen molar-refractivity contribution < 1.29 is 9.53 Å². The monoisotopic (exact) mass is 477 g/mol. The summed E-state index contributed by atoms with van der Waals surface area (Å²) in [4.78, 5) is 43.3. The Hall–Kier alpha value is -4.11. The largest absolute Gasteiger partial charge is 0.459 e. The minimum absolute atomic E-state index is 0.0526. The number of imidazole rings is 2. The van der Waals surface area contributed by atoms with Gasteiger partial charge in [0.2, 0.25) is 5.78 Å². The molecule has 172 valence electrons. The molecule has 0 fully saturated rings. The Kier molecular flexibility index (Phi) is 5.33. The minimum atomic E-state index is -0.682. The summed E-state index contributed by atoms with van der Waals surface area (Å²) in [6, 6.07) is 16.4. The molecule has 2 aromatic carbocycles. The highest BCUT2D eigenvalue weighted by Gasteiger charge is 2.22. The number of fused-ring (bicyclic) bond motifs is 3. The quantitative estimate of drug-likeness (QED) is 0.363. The van der Waals surface area contributed by atoms with Gasteiger partial charge in [0.1, 0.15) is 13.2 Å². The van der Waals surface area contributed by atoms with Crippen LogP contribution in [-0.4, -0.2) is 29.1 Å². The number of carbonyl (C=O) groups is 1. The zero-order valence-electron chi connectivity index (χ0n) is 18.4. The van der Waals surface area contributed by atoms with Gasteiger partial charge in [-0.25, -0.2) is 9.36 Å². The van der Waals surface area contributed by atoms with Gasteiger partial charge >= 0.3 is 11.7 Å². The lowest BCUT2D eigenvalue weighted by Gasteiger charge is -2.08. The summed E-state index contributed by atoms with van der Waals surface area (Å²) in [6.45, 7) is 1.44. The Morgan fingerprint density at radius 3 is 2.47 bits per heavy atom. The van der Waals surface area contributed by atoms with Crippen molar-refractivity contribution in [2.24, 2.45) is 7.05 Å². The first-order valence-corrected chi connectivity index (χ1v) is 10.9. The first-order valence-electron chi connectivity index (χ1n) is 10.5. The highest BCUT2D eigenvalue weighted by molar-refractivity contribution is 6.30. The second kappa shape index (κ2) is 8.35. The van der Waals surface area contributed by atoms with Crippen LogP contribution in [0, 0.1) is 6.92 Å². The minimum Gasteiger partial charge on any atom is -0.459 e. The number of aryl methyl sites for hydroxylation is 2. The van der Waals surface area contributed by atoms with E-state index in [1.165, 1.54) is 11.6 Å². The lowest BCUT2D eigenvalue weighted by Crippen LogP contribution is -2.41. The Balaban J connectivity index is 1.58. The molecule has 0 saturated carbocycles. The predicted molar refractivity (Wildman–Crippen MR) is 128 cm³/mol. The van der Waals surface area contributed by atoms with Crippen LogP contribution in [0.5, 0.6) is 0 Å². The van der Waals surface area contributed by atoms with Gasteiger partial charge in [-0.1, -0.05) is 41.9 Å². The van der Waals surface area contributed by atoms with E-state index in [1.54, 1.807) is 22.7 Å². The topological polar surface area (TPSA) is 92.5 Å². The van der Waals surface area contributed by atoms with Crippen LogP contribution in [0.25, 0.3) is 22.6 Å². The van der Waals surface area contributed by atoms with Crippen molar-refractivity contribution in [1.29, 1.82) is 0 Å². The Labute approximate surface area is 198 Å². The number of carbonyl (C=O) groups excluding carboxylic acids is 1. The molecular weight excluding hydrogens is 458 g/mol. The summed E-state index contributed by atoms with van der Waals surface area (Å²) >= 11 is 6.02. The summed E-state index contributed by atoms with van der Waals surface area (Å²) in [7, 11) is 1.52. The smallest absolute Gasteiger partial charge is 0.333 e. The van der Waals surface area contributed by atoms with E-state index in [4.69, 9.17) is 16.3 Å². The summed E-state index contributed by atoms with van der Waals surface area (Å²) in [5.74, 6) is -0.218. The summed E-state index contributed by atoms with van der Waals surface area (Å²) in [5.41, 5.74) is 1.60. The van der Waals surface area contributed by atoms with Crippen LogP contribution in [0.3, 0.4) is 0 Å². The van der Waals surface area contributed by atoms with Crippen molar-refractivity contribution >= 4 is 34.5 Å². The van der Waals surface area contributed by atoms with Crippen LogP contribution in [-0.2, 0) is 29.7 Å². The Morgan fingerprint density at radius 1 is 1.06 bits per heavy atom. The van der Waals surface area contributed by atoms with Crippen LogP contribution >= 0.6 is 11.6 Å². The maximum Gasteiger partial charge on any atom is 0.333 e. The van der Waals surface area contributed by atoms with Gasteiger partial charge in [-0.3, -0.25) is 23.1 Å². The van der Waals surface area contributed by atoms with Gasteiger partial charge in [0, 0.05) is 29.6 Å². The molecule has 0 aliphatic rings. The highest BCUT2D eigenvalue weighted by Crippen LogP contribution is 2.22. The molecular formula is C24H20ClN5O4. The molecule has 10 heteroatoms. The molecule has 0 N–H and O–H groups in total. The van der Waals surface area contributed by atoms with Crippen LogP contribution in [0.4, 0.5) is 0 Å². The van der Waals surface area contributed by atoms with E-state index in [0.29, 0.717) is 10.8 Å². The maximum absolute atomic E-state index is 13.3. The lowest BCUT2D eigenvalue weighted by atomic mass is 10.2. The van der Waals surface area contributed by atoms with Crippen molar-refractivity contribution in [2.45, 2.75) is 20.1 Å². The van der Waals surface area contributed by atoms with E-state index in [2.05, 4.69) is 4.98 Å². The number of esters is 1. The van der Waals surface area contributed by atoms with Crippen LogP contribution in [0.2, 0.25) is 5.02 Å². The third kappa shape index (κ3) is 3.60. The second-order valence-corrected chi connectivity index (χ2v) is 8.35. The number of nitrogens with zero attached hydrogens (tertiary/aromatic N) is 5. The standard InChI is InChI=1S/C24H20ClN5O4/c1-15-12-28-20-21(26-23(28)30(15)18-10-8-17(25)9-11-18)27(2)24(33)29(22(20)32)13-19(31)34-14-16-6-4-3-5-7-16/h3-12H,13-14H2,1-2H3. The van der Waals surface area contributed by atoms with Crippen LogP contribution < -0.4 is 11.2 Å². The SMILES string of the molecule is Cc1cn2c3c(=O)n(CC(=O)OCc4ccccc4)c(=O)n(C)c3nc2n1-c1ccc(Cl)cc1. The average Bonchev–Trinajstić information content (AvgIpc) is 3.35. The third-order valence-electron chi connectivity index (χ3n) is 5.64. The van der Waals surface area contributed by atoms with Crippen LogP contribution in [0.1, 0.15) is 11.3 Å². The first kappa shape index (κ1) is 21.7. The van der Waals surface area contributed by atoms with Gasteiger partial charge in [0.25, 0.3) is 5.56 Å². The number of halogens is 1. The molecule has 0 amide bonds. The number of hydrogen-bond donors (Lipinski definition) is 0. The molecule has 0 spiro atoms. The average molecular weight is 478 g/mol. The number of hydrogen-bond acceptors (Lipinski definition) is 5. The highest BCUT2D eigenvalue weighted by atomic mass is 35.5. The van der Waals surface area contributed by atoms with E-state index < -0.39 is 23.8 Å². The molecule has 0 atom stereocenters. The van der Waals surface area contributed by atoms with E-state index in [-0.39, 0.29) is 17.8 Å². The molecule has 5 rings (SSSR count). The number of ether oxygens (including phenoxy) is 1. The molecule has 3 heterocycles. The van der Waals surface area contributed by atoms with Crippen LogP contribution in [0.15, 0.2) is 70.4 Å². The zero-order valence-corrected chi connectivity index (χ0v) is 19.2.